The van der Waals surface area contributed by atoms with Crippen molar-refractivity contribution in [2.75, 3.05) is 18.8 Å². The summed E-state index contributed by atoms with van der Waals surface area (Å²) in [7, 11) is 0. The molecule has 0 aliphatic carbocycles. The number of hydrogen-bond acceptors (Lipinski definition) is 5. The molecule has 6 heteroatoms. The molecule has 1 heterocycles. The Balaban J connectivity index is 2.38. The van der Waals surface area contributed by atoms with Crippen LogP contribution in [0.2, 0.25) is 0 Å². The number of nitrogens with two attached hydrogens (primary N) is 1. The molecule has 0 aliphatic rings. The van der Waals surface area contributed by atoms with Crippen molar-refractivity contribution in [3.63, 3.8) is 0 Å². The summed E-state index contributed by atoms with van der Waals surface area (Å²) in [4.78, 5) is 23.2. The Bertz CT molecular complexity index is 755. The van der Waals surface area contributed by atoms with Gasteiger partial charge in [0.25, 0.3) is 5.91 Å². The van der Waals surface area contributed by atoms with Crippen LogP contribution in [0, 0.1) is 6.92 Å². The fourth-order valence-corrected chi connectivity index (χ4v) is 2.91. The smallest absolute Gasteiger partial charge is 0.257 e. The Hall–Kier alpha value is -2.63. The fraction of sp³-hybridized carbons (Fsp3) is 0.450. The van der Waals surface area contributed by atoms with Gasteiger partial charge in [-0.25, -0.2) is 9.97 Å². The molecule has 2 aromatic rings. The minimum Gasteiger partial charge on any atom is -0.484 e. The lowest BCUT2D eigenvalue weighted by Crippen LogP contribution is -2.33. The van der Waals surface area contributed by atoms with Gasteiger partial charge in [0.2, 0.25) is 5.95 Å². The molecule has 0 aliphatic heterocycles. The maximum absolute atomic E-state index is 12.9. The number of hydrogen-bond donors (Lipinski definition) is 1. The van der Waals surface area contributed by atoms with Gasteiger partial charge in [-0.05, 0) is 51.8 Å². The molecule has 140 valence electrons. The van der Waals surface area contributed by atoms with Crippen molar-refractivity contribution in [1.82, 2.24) is 14.9 Å². The van der Waals surface area contributed by atoms with Crippen LogP contribution in [0.3, 0.4) is 0 Å². The standard InChI is InChI=1S/C20H28N4O2/c1-6-15-9-11-16(12-10-15)26-14(5)18-17(13(4)22-20(21)23-18)19(25)24(7-2)8-3/h9-12,14H,6-8H2,1-5H3,(H2,21,22,23). The molecule has 26 heavy (non-hydrogen) atoms. The van der Waals surface area contributed by atoms with E-state index in [-0.39, 0.29) is 11.9 Å². The van der Waals surface area contributed by atoms with E-state index in [2.05, 4.69) is 16.9 Å². The Morgan fingerprint density at radius 2 is 1.77 bits per heavy atom. The van der Waals surface area contributed by atoms with Gasteiger partial charge in [0.05, 0.1) is 17.0 Å². The van der Waals surface area contributed by atoms with Crippen LogP contribution in [0.25, 0.3) is 0 Å². The molecule has 1 aromatic carbocycles. The van der Waals surface area contributed by atoms with Crippen LogP contribution in [-0.4, -0.2) is 33.9 Å². The first-order chi connectivity index (χ1) is 12.4. The Labute approximate surface area is 155 Å². The summed E-state index contributed by atoms with van der Waals surface area (Å²) in [5.41, 5.74) is 8.64. The summed E-state index contributed by atoms with van der Waals surface area (Å²) in [6, 6.07) is 7.92. The van der Waals surface area contributed by atoms with Gasteiger partial charge in [0, 0.05) is 13.1 Å². The van der Waals surface area contributed by atoms with Crippen molar-refractivity contribution < 1.29 is 9.53 Å². The van der Waals surface area contributed by atoms with Crippen LogP contribution in [0.1, 0.15) is 61.1 Å². The zero-order chi connectivity index (χ0) is 19.3. The molecule has 1 atom stereocenters. The third-order valence-corrected chi connectivity index (χ3v) is 4.43. The molecular formula is C20H28N4O2. The molecule has 0 fully saturated rings. The minimum atomic E-state index is -0.430. The Morgan fingerprint density at radius 3 is 2.31 bits per heavy atom. The average molecular weight is 356 g/mol. The minimum absolute atomic E-state index is 0.0979. The van der Waals surface area contributed by atoms with E-state index in [1.165, 1.54) is 5.56 Å². The van der Waals surface area contributed by atoms with E-state index in [0.717, 1.165) is 12.2 Å². The van der Waals surface area contributed by atoms with Crippen LogP contribution in [0.15, 0.2) is 24.3 Å². The van der Waals surface area contributed by atoms with Crippen LogP contribution in [0.5, 0.6) is 5.75 Å². The highest BCUT2D eigenvalue weighted by Crippen LogP contribution is 2.26. The molecule has 0 saturated carbocycles. The second-order valence-electron chi connectivity index (χ2n) is 6.16. The number of carbonyl (C=O) groups excluding carboxylic acids is 1. The van der Waals surface area contributed by atoms with Crippen LogP contribution < -0.4 is 10.5 Å². The van der Waals surface area contributed by atoms with Gasteiger partial charge in [-0.3, -0.25) is 4.79 Å². The highest BCUT2D eigenvalue weighted by molar-refractivity contribution is 5.96. The molecule has 1 aromatic heterocycles. The topological polar surface area (TPSA) is 81.3 Å². The highest BCUT2D eigenvalue weighted by Gasteiger charge is 2.26. The largest absolute Gasteiger partial charge is 0.484 e. The fourth-order valence-electron chi connectivity index (χ4n) is 2.91. The van der Waals surface area contributed by atoms with E-state index in [4.69, 9.17) is 10.5 Å². The van der Waals surface area contributed by atoms with Crippen molar-refractivity contribution in [1.29, 1.82) is 0 Å². The van der Waals surface area contributed by atoms with E-state index in [1.54, 1.807) is 11.8 Å². The Morgan fingerprint density at radius 1 is 1.15 bits per heavy atom. The molecule has 1 amide bonds. The van der Waals surface area contributed by atoms with Crippen LogP contribution >= 0.6 is 0 Å². The highest BCUT2D eigenvalue weighted by atomic mass is 16.5. The van der Waals surface area contributed by atoms with Gasteiger partial charge in [0.15, 0.2) is 0 Å². The van der Waals surface area contributed by atoms with Crippen LogP contribution in [0.4, 0.5) is 5.95 Å². The van der Waals surface area contributed by atoms with Crippen molar-refractivity contribution in [2.24, 2.45) is 0 Å². The first-order valence-corrected chi connectivity index (χ1v) is 9.10. The van der Waals surface area contributed by atoms with Crippen molar-refractivity contribution in [2.45, 2.75) is 47.1 Å². The lowest BCUT2D eigenvalue weighted by Gasteiger charge is -2.23. The summed E-state index contributed by atoms with van der Waals surface area (Å²) in [5, 5.41) is 0. The molecule has 0 radical (unpaired) electrons. The number of nitrogen functional groups attached to an aromatic ring is 1. The molecule has 0 bridgehead atoms. The predicted octanol–water partition coefficient (Wildman–Crippen LogP) is 3.55. The van der Waals surface area contributed by atoms with Gasteiger partial charge < -0.3 is 15.4 Å². The third kappa shape index (κ3) is 4.31. The third-order valence-electron chi connectivity index (χ3n) is 4.43. The molecule has 2 N–H and O–H groups in total. The number of rotatable bonds is 7. The van der Waals surface area contributed by atoms with Crippen molar-refractivity contribution in [3.05, 3.63) is 46.8 Å². The van der Waals surface area contributed by atoms with Crippen LogP contribution in [-0.2, 0) is 6.42 Å². The van der Waals surface area contributed by atoms with Gasteiger partial charge in [-0.1, -0.05) is 19.1 Å². The molecule has 1 unspecified atom stereocenters. The quantitative estimate of drug-likeness (QED) is 0.820. The van der Waals surface area contributed by atoms with Crippen molar-refractivity contribution in [3.8, 4) is 5.75 Å². The second kappa shape index (κ2) is 8.65. The number of amides is 1. The molecule has 0 spiro atoms. The number of benzene rings is 1. The predicted molar refractivity (Wildman–Crippen MR) is 103 cm³/mol. The first-order valence-electron chi connectivity index (χ1n) is 9.10. The zero-order valence-electron chi connectivity index (χ0n) is 16.2. The van der Waals surface area contributed by atoms with E-state index < -0.39 is 6.10 Å². The zero-order valence-corrected chi connectivity index (χ0v) is 16.2. The van der Waals surface area contributed by atoms with E-state index in [0.29, 0.717) is 30.0 Å². The summed E-state index contributed by atoms with van der Waals surface area (Å²) in [6.07, 6.45) is 0.543. The maximum atomic E-state index is 12.9. The number of carbonyl (C=O) groups is 1. The SMILES string of the molecule is CCc1ccc(OC(C)c2nc(N)nc(C)c2C(=O)N(CC)CC)cc1. The number of nitrogens with zero attached hydrogens (tertiary/aromatic N) is 3. The van der Waals surface area contributed by atoms with E-state index in [9.17, 15) is 4.79 Å². The number of ether oxygens (including phenoxy) is 1. The van der Waals surface area contributed by atoms with Gasteiger partial charge in [-0.15, -0.1) is 0 Å². The maximum Gasteiger partial charge on any atom is 0.257 e. The van der Waals surface area contributed by atoms with E-state index >= 15 is 0 Å². The van der Waals surface area contributed by atoms with Crippen molar-refractivity contribution >= 4 is 11.9 Å². The number of anilines is 1. The summed E-state index contributed by atoms with van der Waals surface area (Å²) >= 11 is 0. The average Bonchev–Trinajstić information content (AvgIpc) is 2.62. The summed E-state index contributed by atoms with van der Waals surface area (Å²) in [6.45, 7) is 10.9. The van der Waals surface area contributed by atoms with Gasteiger partial charge in [-0.2, -0.15) is 0 Å². The second-order valence-corrected chi connectivity index (χ2v) is 6.16. The van der Waals surface area contributed by atoms with Gasteiger partial charge in [0.1, 0.15) is 11.9 Å². The van der Waals surface area contributed by atoms with Gasteiger partial charge >= 0.3 is 0 Å². The lowest BCUT2D eigenvalue weighted by molar-refractivity contribution is 0.0765. The first kappa shape index (κ1) is 19.7. The van der Waals surface area contributed by atoms with E-state index in [1.807, 2.05) is 45.0 Å². The normalized spacial score (nSPS) is 11.9. The monoisotopic (exact) mass is 356 g/mol. The molecule has 2 rings (SSSR count). The number of aryl methyl sites for hydroxylation is 2. The number of aromatic nitrogens is 2. The Kier molecular flexibility index (Phi) is 6.55. The molecular weight excluding hydrogens is 328 g/mol. The summed E-state index contributed by atoms with van der Waals surface area (Å²) < 4.78 is 6.03. The summed E-state index contributed by atoms with van der Waals surface area (Å²) in [5.74, 6) is 0.774. The molecule has 6 nitrogen and oxygen atoms in total. The molecule has 0 saturated heterocycles. The lowest BCUT2D eigenvalue weighted by atomic mass is 10.1.